The first-order valence-electron chi connectivity index (χ1n) is 6.89. The molecule has 8 heteroatoms. The molecule has 0 bridgehead atoms. The molecule has 0 unspecified atom stereocenters. The summed E-state index contributed by atoms with van der Waals surface area (Å²) < 4.78 is 12.0. The summed E-state index contributed by atoms with van der Waals surface area (Å²) in [5.41, 5.74) is 0.939. The molecule has 0 amide bonds. The molecule has 0 saturated carbocycles. The highest BCUT2D eigenvalue weighted by atomic mass is 16.5. The summed E-state index contributed by atoms with van der Waals surface area (Å²) in [6.45, 7) is 0. The van der Waals surface area contributed by atoms with E-state index in [2.05, 4.69) is 9.84 Å². The highest BCUT2D eigenvalue weighted by molar-refractivity contribution is 5.99. The quantitative estimate of drug-likeness (QED) is 0.377. The predicted octanol–water partition coefficient (Wildman–Crippen LogP) is -0.210. The average molecular weight is 324 g/mol. The van der Waals surface area contributed by atoms with Gasteiger partial charge in [-0.2, -0.15) is 0 Å². The van der Waals surface area contributed by atoms with Crippen molar-refractivity contribution in [2.45, 2.75) is 0 Å². The van der Waals surface area contributed by atoms with Crippen LogP contribution >= 0.6 is 0 Å². The second-order valence-electron chi connectivity index (χ2n) is 4.77. The van der Waals surface area contributed by atoms with Crippen LogP contribution in [0, 0.1) is 0 Å². The zero-order valence-electron chi connectivity index (χ0n) is 12.9. The third kappa shape index (κ3) is 2.22. The molecule has 2 aromatic heterocycles. The van der Waals surface area contributed by atoms with Gasteiger partial charge in [0.1, 0.15) is 0 Å². The summed E-state index contributed by atoms with van der Waals surface area (Å²) in [6.07, 6.45) is 0. The molecule has 3 rings (SSSR count). The van der Waals surface area contributed by atoms with Crippen LogP contribution in [0.5, 0.6) is 0 Å². The van der Waals surface area contributed by atoms with E-state index < -0.39 is 11.9 Å². The molecule has 120 valence electrons. The lowest BCUT2D eigenvalue weighted by Gasteiger charge is -1.98. The van der Waals surface area contributed by atoms with Crippen molar-refractivity contribution < 1.29 is 23.6 Å². The van der Waals surface area contributed by atoms with Crippen LogP contribution in [-0.4, -0.2) is 41.8 Å². The van der Waals surface area contributed by atoms with Crippen molar-refractivity contribution in [3.8, 4) is 11.3 Å². The Morgan fingerprint density at radius 2 is 1.83 bits per heavy atom. The maximum atomic E-state index is 12.2. The minimum Gasteiger partial charge on any atom is -0.761 e. The van der Waals surface area contributed by atoms with E-state index in [-0.39, 0.29) is 16.7 Å². The van der Waals surface area contributed by atoms with Gasteiger partial charge in [-0.1, -0.05) is 30.3 Å². The Hall–Kier alpha value is -3.51. The van der Waals surface area contributed by atoms with Gasteiger partial charge in [0.15, 0.2) is 11.0 Å². The van der Waals surface area contributed by atoms with E-state index >= 15 is 0 Å². The molecule has 3 aromatic rings. The van der Waals surface area contributed by atoms with Crippen LogP contribution in [0.1, 0.15) is 21.0 Å². The molecule has 0 saturated heterocycles. The number of aromatic nitrogens is 3. The van der Waals surface area contributed by atoms with Crippen LogP contribution in [-0.2, 0) is 9.47 Å². The van der Waals surface area contributed by atoms with Crippen LogP contribution in [0.15, 0.2) is 36.4 Å². The van der Waals surface area contributed by atoms with E-state index in [1.807, 2.05) is 36.2 Å². The summed E-state index contributed by atoms with van der Waals surface area (Å²) in [5, 5.41) is 13.5. The van der Waals surface area contributed by atoms with Gasteiger partial charge in [-0.25, -0.2) is 15.5 Å². The lowest BCUT2D eigenvalue weighted by molar-refractivity contribution is -0.610. The van der Waals surface area contributed by atoms with Gasteiger partial charge in [-0.05, 0) is 0 Å². The number of methoxy groups -OCH3 is 2. The number of hydrogen-bond acceptors (Lipinski definition) is 5. The van der Waals surface area contributed by atoms with Gasteiger partial charge in [0.05, 0.1) is 19.3 Å². The number of hydrogen-bond donors (Lipinski definition) is 0. The Labute approximate surface area is 136 Å². The molecule has 0 aliphatic carbocycles. The van der Waals surface area contributed by atoms with Crippen LogP contribution in [0.3, 0.4) is 0 Å². The second kappa shape index (κ2) is 5.94. The molecule has 0 spiro atoms. The zero-order valence-corrected chi connectivity index (χ0v) is 12.9. The van der Waals surface area contributed by atoms with Crippen LogP contribution in [0.25, 0.3) is 16.7 Å². The Bertz CT molecular complexity index is 1020. The maximum Gasteiger partial charge on any atom is 0.390 e. The second-order valence-corrected chi connectivity index (χ2v) is 4.77. The highest BCUT2D eigenvalue weighted by Gasteiger charge is 2.38. The predicted molar refractivity (Wildman–Crippen MR) is 81.6 cm³/mol. The van der Waals surface area contributed by atoms with E-state index in [9.17, 15) is 15.0 Å². The topological polar surface area (TPSA) is 96.3 Å². The Morgan fingerprint density at radius 1 is 1.17 bits per heavy atom. The number of carbonyl (C=O) groups excluding carboxylic acids is 2. The van der Waals surface area contributed by atoms with Gasteiger partial charge in [0.2, 0.25) is 0 Å². The summed E-state index contributed by atoms with van der Waals surface area (Å²) in [5.74, 6) is 0.432. The first-order chi connectivity index (χ1) is 11.6. The fraction of sp³-hybridized carbons (Fsp3) is 0.125. The summed E-state index contributed by atoms with van der Waals surface area (Å²) in [4.78, 5) is 24.2. The molecule has 2 heterocycles. The number of nitrogens with zero attached hydrogens (tertiary/aromatic N) is 4. The van der Waals surface area contributed by atoms with Gasteiger partial charge in [0, 0.05) is 16.3 Å². The van der Waals surface area contributed by atoms with Crippen molar-refractivity contribution in [3.05, 3.63) is 58.5 Å². The molecule has 0 fully saturated rings. The molecule has 0 N–H and O–H groups in total. The van der Waals surface area contributed by atoms with Crippen molar-refractivity contribution in [2.24, 2.45) is 0 Å². The first kappa shape index (κ1) is 15.4. The lowest BCUT2D eigenvalue weighted by Crippen LogP contribution is -2.38. The number of esters is 2. The van der Waals surface area contributed by atoms with Crippen molar-refractivity contribution in [3.63, 3.8) is 0 Å². The molecule has 0 aliphatic heterocycles. The molecule has 8 nitrogen and oxygen atoms in total. The molecule has 24 heavy (non-hydrogen) atoms. The van der Waals surface area contributed by atoms with Gasteiger partial charge in [-0.3, -0.25) is 0 Å². The van der Waals surface area contributed by atoms with E-state index in [0.29, 0.717) is 5.69 Å². The number of fused-ring (bicyclic) bond motifs is 1. The van der Waals surface area contributed by atoms with Gasteiger partial charge in [0.25, 0.3) is 5.69 Å². The Balaban J connectivity index is 2.47. The Morgan fingerprint density at radius 3 is 2.42 bits per heavy atom. The van der Waals surface area contributed by atoms with Crippen molar-refractivity contribution in [1.29, 1.82) is 0 Å². The average Bonchev–Trinajstić information content (AvgIpc) is 3.18. The van der Waals surface area contributed by atoms with Crippen molar-refractivity contribution >= 4 is 17.8 Å². The summed E-state index contributed by atoms with van der Waals surface area (Å²) in [7, 11) is 2.38. The third-order valence-electron chi connectivity index (χ3n) is 3.48. The van der Waals surface area contributed by atoms with Crippen LogP contribution in [0.2, 0.25) is 0 Å². The summed E-state index contributed by atoms with van der Waals surface area (Å²) >= 11 is 0. The monoisotopic (exact) mass is 324 g/mol. The third-order valence-corrected chi connectivity index (χ3v) is 3.48. The van der Waals surface area contributed by atoms with Crippen LogP contribution < -0.4 is 9.86 Å². The van der Waals surface area contributed by atoms with E-state index in [1.54, 1.807) is 6.07 Å². The van der Waals surface area contributed by atoms with E-state index in [4.69, 9.17) is 4.74 Å². The SMILES string of the molecule is COC(=O)c1nn2c(=C=[N-])cc(-c3ccccc3)[n+]2c1C(=O)OC. The molecule has 0 aliphatic rings. The minimum absolute atomic E-state index is 0.107. The zero-order chi connectivity index (χ0) is 17.3. The summed E-state index contributed by atoms with van der Waals surface area (Å²) in [6, 6.07) is 10.7. The standard InChI is InChI=1S/C16H12N4O4/c1-23-15(21)13-14(16(22)24-2)19-12(10-6-4-3-5-7-10)8-11(9-17)20(19)18-13/h3-8H,1-2H3. The number of rotatable bonds is 3. The molecule has 0 atom stereocenters. The molecular formula is C16H12N4O4. The smallest absolute Gasteiger partial charge is 0.390 e. The maximum absolute atomic E-state index is 12.2. The Kier molecular flexibility index (Phi) is 3.81. The fourth-order valence-corrected chi connectivity index (χ4v) is 2.42. The number of carbonyl (C=O) groups is 2. The molecular weight excluding hydrogens is 312 g/mol. The fourth-order valence-electron chi connectivity index (χ4n) is 2.42. The van der Waals surface area contributed by atoms with E-state index in [0.717, 1.165) is 5.56 Å². The van der Waals surface area contributed by atoms with Crippen molar-refractivity contribution in [1.82, 2.24) is 9.73 Å². The van der Waals surface area contributed by atoms with E-state index in [1.165, 1.54) is 23.4 Å². The largest absolute Gasteiger partial charge is 0.761 e. The van der Waals surface area contributed by atoms with Gasteiger partial charge < -0.3 is 14.9 Å². The highest BCUT2D eigenvalue weighted by Crippen LogP contribution is 2.15. The molecule has 0 radical (unpaired) electrons. The number of ether oxygens (including phenoxy) is 2. The minimum atomic E-state index is -0.797. The first-order valence-corrected chi connectivity index (χ1v) is 6.89. The van der Waals surface area contributed by atoms with Gasteiger partial charge in [-0.15, -0.1) is 4.52 Å². The number of benzene rings is 1. The lowest BCUT2D eigenvalue weighted by atomic mass is 10.1. The normalized spacial score (nSPS) is 10.4. The van der Waals surface area contributed by atoms with Crippen molar-refractivity contribution in [2.75, 3.05) is 14.2 Å². The van der Waals surface area contributed by atoms with Gasteiger partial charge >= 0.3 is 17.6 Å². The van der Waals surface area contributed by atoms with Crippen LogP contribution in [0.4, 0.5) is 0 Å². The molecule has 1 aromatic carbocycles.